The van der Waals surface area contributed by atoms with Crippen LogP contribution >= 0.6 is 0 Å². The number of esters is 2. The Morgan fingerprint density at radius 2 is 1.67 bits per heavy atom. The van der Waals surface area contributed by atoms with Crippen molar-refractivity contribution in [2.75, 3.05) is 14.2 Å². The molecule has 9 nitrogen and oxygen atoms in total. The second kappa shape index (κ2) is 13.0. The Hall–Kier alpha value is -3.36. The van der Waals surface area contributed by atoms with Gasteiger partial charge in [0, 0.05) is 6.08 Å². The molecule has 0 radical (unpaired) electrons. The van der Waals surface area contributed by atoms with E-state index in [1.165, 1.54) is 20.3 Å². The molecule has 0 aliphatic heterocycles. The predicted molar refractivity (Wildman–Crippen MR) is 108 cm³/mol. The Labute approximate surface area is 175 Å². The van der Waals surface area contributed by atoms with E-state index < -0.39 is 36.0 Å². The number of carbonyl (C=O) groups excluding carboxylic acids is 4. The van der Waals surface area contributed by atoms with Crippen LogP contribution in [0.1, 0.15) is 25.8 Å². The van der Waals surface area contributed by atoms with Gasteiger partial charge >= 0.3 is 18.0 Å². The van der Waals surface area contributed by atoms with Crippen LogP contribution < -0.4 is 10.6 Å². The zero-order valence-corrected chi connectivity index (χ0v) is 17.5. The molecule has 164 valence electrons. The highest BCUT2D eigenvalue weighted by Crippen LogP contribution is 2.07. The average molecular weight is 420 g/mol. The lowest BCUT2D eigenvalue weighted by atomic mass is 10.0. The van der Waals surface area contributed by atoms with E-state index in [0.717, 1.165) is 11.6 Å². The molecule has 2 atom stereocenters. The molecule has 0 heterocycles. The molecule has 0 bridgehead atoms. The van der Waals surface area contributed by atoms with Crippen molar-refractivity contribution in [1.29, 1.82) is 0 Å². The van der Waals surface area contributed by atoms with Crippen LogP contribution in [0.15, 0.2) is 42.5 Å². The van der Waals surface area contributed by atoms with Gasteiger partial charge in [-0.1, -0.05) is 50.3 Å². The standard InChI is InChI=1S/C21H28N2O7/c1-14(2)18(23-21(27)30-13-15-9-6-5-7-10-15)19(25)22-16(20(26)29-4)11-8-12-17(24)28-3/h5-10,12,14,16,18H,11,13H2,1-4H3,(H,22,25)(H,23,27)/b12-8+/t16-,18+/m0/s1. The van der Waals surface area contributed by atoms with Crippen LogP contribution in [0, 0.1) is 5.92 Å². The van der Waals surface area contributed by atoms with E-state index in [4.69, 9.17) is 9.47 Å². The van der Waals surface area contributed by atoms with E-state index in [1.807, 2.05) is 30.3 Å². The van der Waals surface area contributed by atoms with Gasteiger partial charge in [0.25, 0.3) is 0 Å². The zero-order valence-electron chi connectivity index (χ0n) is 17.5. The maximum atomic E-state index is 12.7. The molecule has 9 heteroatoms. The molecule has 2 amide bonds. The number of benzene rings is 1. The minimum absolute atomic E-state index is 0.0107. The van der Waals surface area contributed by atoms with Gasteiger partial charge in [-0.25, -0.2) is 14.4 Å². The Morgan fingerprint density at radius 1 is 1.00 bits per heavy atom. The summed E-state index contributed by atoms with van der Waals surface area (Å²) in [5.41, 5.74) is 0.807. The van der Waals surface area contributed by atoms with Gasteiger partial charge in [-0.15, -0.1) is 0 Å². The quantitative estimate of drug-likeness (QED) is 0.336. The second-order valence-corrected chi connectivity index (χ2v) is 6.67. The van der Waals surface area contributed by atoms with Crippen LogP contribution in [0.5, 0.6) is 0 Å². The molecular formula is C21H28N2O7. The molecule has 0 unspecified atom stereocenters. The van der Waals surface area contributed by atoms with Crippen LogP contribution in [-0.2, 0) is 35.2 Å². The first kappa shape index (κ1) is 24.7. The SMILES string of the molecule is COC(=O)/C=C/C[C@H](NC(=O)[C@H](NC(=O)OCc1ccccc1)C(C)C)C(=O)OC. The van der Waals surface area contributed by atoms with E-state index in [9.17, 15) is 19.2 Å². The first-order valence-electron chi connectivity index (χ1n) is 9.38. The van der Waals surface area contributed by atoms with Crippen LogP contribution in [0.4, 0.5) is 4.79 Å². The number of hydrogen-bond acceptors (Lipinski definition) is 7. The van der Waals surface area contributed by atoms with Crippen LogP contribution in [0.25, 0.3) is 0 Å². The maximum absolute atomic E-state index is 12.7. The summed E-state index contributed by atoms with van der Waals surface area (Å²) in [6.45, 7) is 3.54. The highest BCUT2D eigenvalue weighted by molar-refractivity contribution is 5.90. The summed E-state index contributed by atoms with van der Waals surface area (Å²) in [4.78, 5) is 47.9. The third-order valence-corrected chi connectivity index (χ3v) is 4.06. The summed E-state index contributed by atoms with van der Waals surface area (Å²) in [5, 5.41) is 5.05. The van der Waals surface area contributed by atoms with Gasteiger partial charge in [0.05, 0.1) is 14.2 Å². The van der Waals surface area contributed by atoms with Gasteiger partial charge in [0.15, 0.2) is 0 Å². The van der Waals surface area contributed by atoms with Crippen molar-refractivity contribution in [2.45, 2.75) is 39.0 Å². The van der Waals surface area contributed by atoms with Crippen molar-refractivity contribution >= 4 is 23.9 Å². The molecule has 0 fully saturated rings. The molecule has 2 N–H and O–H groups in total. The summed E-state index contributed by atoms with van der Waals surface area (Å²) in [6, 6.07) is 7.13. The molecule has 0 spiro atoms. The molecule has 0 aliphatic carbocycles. The third kappa shape index (κ3) is 8.76. The Bertz CT molecular complexity index is 747. The summed E-state index contributed by atoms with van der Waals surface area (Å²) >= 11 is 0. The number of carbonyl (C=O) groups is 4. The molecule has 0 aromatic heterocycles. The van der Waals surface area contributed by atoms with Crippen LogP contribution in [-0.4, -0.2) is 50.2 Å². The smallest absolute Gasteiger partial charge is 0.408 e. The molecule has 1 aromatic rings. The fourth-order valence-corrected chi connectivity index (χ4v) is 2.41. The molecule has 1 aromatic carbocycles. The van der Waals surface area contributed by atoms with Crippen molar-refractivity contribution in [3.05, 3.63) is 48.0 Å². The van der Waals surface area contributed by atoms with Crippen molar-refractivity contribution < 1.29 is 33.4 Å². The summed E-state index contributed by atoms with van der Waals surface area (Å²) in [7, 11) is 2.41. The minimum atomic E-state index is -1.04. The Balaban J connectivity index is 2.72. The fourth-order valence-electron chi connectivity index (χ4n) is 2.41. The van der Waals surface area contributed by atoms with Crippen molar-refractivity contribution in [3.8, 4) is 0 Å². The lowest BCUT2D eigenvalue weighted by Crippen LogP contribution is -2.53. The van der Waals surface area contributed by atoms with Crippen molar-refractivity contribution in [3.63, 3.8) is 0 Å². The minimum Gasteiger partial charge on any atom is -0.467 e. The second-order valence-electron chi connectivity index (χ2n) is 6.67. The average Bonchev–Trinajstić information content (AvgIpc) is 2.74. The number of rotatable bonds is 10. The summed E-state index contributed by atoms with van der Waals surface area (Å²) in [5.74, 6) is -2.14. The largest absolute Gasteiger partial charge is 0.467 e. The number of alkyl carbamates (subject to hydrolysis) is 1. The first-order chi connectivity index (χ1) is 14.3. The molecule has 30 heavy (non-hydrogen) atoms. The van der Waals surface area contributed by atoms with Gasteiger partial charge < -0.3 is 24.8 Å². The summed E-state index contributed by atoms with van der Waals surface area (Å²) in [6.07, 6.45) is 1.78. The van der Waals surface area contributed by atoms with Gasteiger partial charge in [-0.2, -0.15) is 0 Å². The van der Waals surface area contributed by atoms with Gasteiger partial charge in [-0.05, 0) is 17.9 Å². The van der Waals surface area contributed by atoms with Gasteiger partial charge in [0.2, 0.25) is 5.91 Å². The van der Waals surface area contributed by atoms with E-state index in [0.29, 0.717) is 0 Å². The van der Waals surface area contributed by atoms with Crippen molar-refractivity contribution in [2.24, 2.45) is 5.92 Å². The van der Waals surface area contributed by atoms with Crippen LogP contribution in [0.2, 0.25) is 0 Å². The number of hydrogen-bond donors (Lipinski definition) is 2. The summed E-state index contributed by atoms with van der Waals surface area (Å²) < 4.78 is 14.3. The molecule has 0 saturated carbocycles. The zero-order chi connectivity index (χ0) is 22.5. The molecule has 0 saturated heterocycles. The maximum Gasteiger partial charge on any atom is 0.408 e. The lowest BCUT2D eigenvalue weighted by Gasteiger charge is -2.24. The van der Waals surface area contributed by atoms with Crippen molar-refractivity contribution in [1.82, 2.24) is 10.6 Å². The van der Waals surface area contributed by atoms with Gasteiger partial charge in [-0.3, -0.25) is 4.79 Å². The molecule has 1 rings (SSSR count). The molecular weight excluding hydrogens is 392 g/mol. The Morgan fingerprint density at radius 3 is 2.23 bits per heavy atom. The molecule has 0 aliphatic rings. The van der Waals surface area contributed by atoms with E-state index in [-0.39, 0.29) is 18.9 Å². The third-order valence-electron chi connectivity index (χ3n) is 4.06. The highest BCUT2D eigenvalue weighted by Gasteiger charge is 2.29. The normalized spacial score (nSPS) is 12.7. The van der Waals surface area contributed by atoms with Gasteiger partial charge in [0.1, 0.15) is 18.7 Å². The number of amides is 2. The van der Waals surface area contributed by atoms with E-state index in [1.54, 1.807) is 13.8 Å². The van der Waals surface area contributed by atoms with Crippen LogP contribution in [0.3, 0.4) is 0 Å². The predicted octanol–water partition coefficient (Wildman–Crippen LogP) is 1.71. The number of nitrogens with one attached hydrogen (secondary N) is 2. The fraction of sp³-hybridized carbons (Fsp3) is 0.429. The monoisotopic (exact) mass is 420 g/mol. The lowest BCUT2D eigenvalue weighted by molar-refractivity contribution is -0.145. The number of methoxy groups -OCH3 is 2. The number of ether oxygens (including phenoxy) is 3. The van der Waals surface area contributed by atoms with E-state index in [2.05, 4.69) is 15.4 Å². The first-order valence-corrected chi connectivity index (χ1v) is 9.38. The van der Waals surface area contributed by atoms with E-state index >= 15 is 0 Å². The highest BCUT2D eigenvalue weighted by atomic mass is 16.5. The Kier molecular flexibility index (Phi) is 10.7. The topological polar surface area (TPSA) is 120 Å².